The number of hydrogen-bond donors (Lipinski definition) is 1. The second kappa shape index (κ2) is 10.7. The number of anilines is 1. The topological polar surface area (TPSA) is 79.3 Å². The van der Waals surface area contributed by atoms with E-state index in [1.54, 1.807) is 12.1 Å². The molecule has 1 heterocycles. The lowest BCUT2D eigenvalue weighted by Gasteiger charge is -2.44. The van der Waals surface area contributed by atoms with E-state index in [2.05, 4.69) is 19.9 Å². The van der Waals surface area contributed by atoms with Crippen LogP contribution < -0.4 is 15.4 Å². The van der Waals surface area contributed by atoms with Crippen LogP contribution in [-0.4, -0.2) is 5.78 Å². The highest BCUT2D eigenvalue weighted by molar-refractivity contribution is 6.31. The van der Waals surface area contributed by atoms with Gasteiger partial charge in [0.15, 0.2) is 5.78 Å². The van der Waals surface area contributed by atoms with E-state index in [0.29, 0.717) is 40.6 Å². The van der Waals surface area contributed by atoms with Gasteiger partial charge in [-0.3, -0.25) is 9.69 Å². The van der Waals surface area contributed by atoms with Crippen LogP contribution in [0, 0.1) is 43.3 Å². The fraction of sp³-hybridized carbons (Fsp3) is 0.294. The van der Waals surface area contributed by atoms with Crippen LogP contribution in [-0.2, 0) is 11.4 Å². The summed E-state index contributed by atoms with van der Waals surface area (Å²) in [6.45, 7) is 10.3. The van der Waals surface area contributed by atoms with Gasteiger partial charge in [-0.05, 0) is 91.3 Å². The first-order chi connectivity index (χ1) is 19.4. The number of carbonyl (C=O) groups is 1. The van der Waals surface area contributed by atoms with Crippen LogP contribution in [0.15, 0.2) is 77.3 Å². The zero-order valence-electron chi connectivity index (χ0n) is 23.9. The van der Waals surface area contributed by atoms with Crippen LogP contribution in [0.1, 0.15) is 60.4 Å². The molecule has 1 aliphatic heterocycles. The summed E-state index contributed by atoms with van der Waals surface area (Å²) in [5.41, 5.74) is 13.6. The lowest BCUT2D eigenvalue weighted by Crippen LogP contribution is -2.42. The molecule has 0 fully saturated rings. The number of nitrogens with two attached hydrogens (primary N) is 1. The SMILES string of the molecule is Cc1cc(COc2ccc(F)cc2)c(C)c(C2C(C#N)=C(N)N(c3ccc(C)c(Cl)c3)C3=C2C(=O)CC(C)(C)C3)c1. The molecular formula is C34H33ClFN3O2. The van der Waals surface area contributed by atoms with Gasteiger partial charge in [0, 0.05) is 28.4 Å². The number of halogens is 2. The van der Waals surface area contributed by atoms with Gasteiger partial charge in [-0.25, -0.2) is 4.39 Å². The third kappa shape index (κ3) is 5.35. The lowest BCUT2D eigenvalue weighted by molar-refractivity contribution is -0.118. The van der Waals surface area contributed by atoms with Gasteiger partial charge in [0.2, 0.25) is 0 Å². The number of ether oxygens (including phenoxy) is 1. The Morgan fingerprint density at radius 2 is 1.80 bits per heavy atom. The fourth-order valence-electron chi connectivity index (χ4n) is 5.94. The van der Waals surface area contributed by atoms with Crippen molar-refractivity contribution < 1.29 is 13.9 Å². The Balaban J connectivity index is 1.67. The van der Waals surface area contributed by atoms with Crippen molar-refractivity contribution in [2.45, 2.75) is 60.0 Å². The maximum atomic E-state index is 14.0. The molecule has 1 atom stereocenters. The maximum Gasteiger partial charge on any atom is 0.162 e. The number of nitriles is 1. The van der Waals surface area contributed by atoms with Gasteiger partial charge < -0.3 is 10.5 Å². The first-order valence-corrected chi connectivity index (χ1v) is 14.0. The van der Waals surface area contributed by atoms with Crippen LogP contribution >= 0.6 is 11.6 Å². The molecule has 0 radical (unpaired) electrons. The lowest BCUT2D eigenvalue weighted by atomic mass is 9.68. The number of carbonyl (C=O) groups excluding carboxylic acids is 1. The Morgan fingerprint density at radius 1 is 1.10 bits per heavy atom. The van der Waals surface area contributed by atoms with E-state index in [1.807, 2.05) is 56.0 Å². The minimum Gasteiger partial charge on any atom is -0.489 e. The normalized spacial score (nSPS) is 18.3. The molecule has 7 heteroatoms. The Kier molecular flexibility index (Phi) is 7.44. The van der Waals surface area contributed by atoms with Gasteiger partial charge in [0.25, 0.3) is 0 Å². The largest absolute Gasteiger partial charge is 0.489 e. The summed E-state index contributed by atoms with van der Waals surface area (Å²) in [7, 11) is 0. The number of allylic oxidation sites excluding steroid dienone is 3. The predicted molar refractivity (Wildman–Crippen MR) is 160 cm³/mol. The van der Waals surface area contributed by atoms with Crippen molar-refractivity contribution in [2.24, 2.45) is 11.1 Å². The zero-order chi connectivity index (χ0) is 29.6. The zero-order valence-corrected chi connectivity index (χ0v) is 24.7. The molecular weight excluding hydrogens is 537 g/mol. The third-order valence-electron chi connectivity index (χ3n) is 8.01. The summed E-state index contributed by atoms with van der Waals surface area (Å²) in [6, 6.07) is 18.0. The van der Waals surface area contributed by atoms with Crippen molar-refractivity contribution in [3.8, 4) is 11.8 Å². The molecule has 0 saturated carbocycles. The van der Waals surface area contributed by atoms with Gasteiger partial charge in [0.05, 0.1) is 17.6 Å². The quantitative estimate of drug-likeness (QED) is 0.337. The molecule has 0 amide bonds. The highest BCUT2D eigenvalue weighted by atomic mass is 35.5. The molecule has 0 bridgehead atoms. The maximum absolute atomic E-state index is 14.0. The number of hydrogen-bond acceptors (Lipinski definition) is 5. The van der Waals surface area contributed by atoms with Crippen LogP contribution in [0.25, 0.3) is 0 Å². The van der Waals surface area contributed by atoms with Crippen molar-refractivity contribution in [1.82, 2.24) is 0 Å². The first-order valence-electron chi connectivity index (χ1n) is 13.6. The smallest absolute Gasteiger partial charge is 0.162 e. The van der Waals surface area contributed by atoms with Crippen LogP contribution in [0.4, 0.5) is 10.1 Å². The molecule has 41 heavy (non-hydrogen) atoms. The fourth-order valence-corrected chi connectivity index (χ4v) is 6.12. The number of nitrogens with zero attached hydrogens (tertiary/aromatic N) is 2. The minimum absolute atomic E-state index is 0.00901. The molecule has 2 N–H and O–H groups in total. The van der Waals surface area contributed by atoms with Gasteiger partial charge in [-0.1, -0.05) is 49.2 Å². The molecule has 3 aromatic carbocycles. The predicted octanol–water partition coefficient (Wildman–Crippen LogP) is 7.92. The van der Waals surface area contributed by atoms with E-state index in [4.69, 9.17) is 22.1 Å². The van der Waals surface area contributed by atoms with Gasteiger partial charge in [-0.15, -0.1) is 0 Å². The minimum atomic E-state index is -0.611. The highest BCUT2D eigenvalue weighted by Gasteiger charge is 2.45. The molecule has 0 aromatic heterocycles. The number of rotatable bonds is 5. The second-order valence-corrected chi connectivity index (χ2v) is 12.2. The molecule has 5 nitrogen and oxygen atoms in total. The van der Waals surface area contributed by atoms with Crippen LogP contribution in [0.2, 0.25) is 5.02 Å². The average molecular weight is 570 g/mol. The Morgan fingerprint density at radius 3 is 2.46 bits per heavy atom. The van der Waals surface area contributed by atoms with E-state index < -0.39 is 5.92 Å². The molecule has 2 aliphatic rings. The third-order valence-corrected chi connectivity index (χ3v) is 8.42. The summed E-state index contributed by atoms with van der Waals surface area (Å²) in [5.74, 6) is -0.0828. The molecule has 210 valence electrons. The summed E-state index contributed by atoms with van der Waals surface area (Å²) < 4.78 is 19.4. The van der Waals surface area contributed by atoms with Gasteiger partial charge in [-0.2, -0.15) is 5.26 Å². The number of aryl methyl sites for hydroxylation is 2. The molecule has 1 unspecified atom stereocenters. The summed E-state index contributed by atoms with van der Waals surface area (Å²) in [6.07, 6.45) is 0.982. The summed E-state index contributed by atoms with van der Waals surface area (Å²) >= 11 is 6.51. The van der Waals surface area contributed by atoms with E-state index in [0.717, 1.165) is 39.2 Å². The number of Topliss-reactive ketones (excluding diaryl/α,β-unsaturated/α-hetero) is 1. The molecule has 1 aliphatic carbocycles. The van der Waals surface area contributed by atoms with E-state index in [9.17, 15) is 14.4 Å². The first kappa shape index (κ1) is 28.4. The van der Waals surface area contributed by atoms with Crippen molar-refractivity contribution in [3.63, 3.8) is 0 Å². The van der Waals surface area contributed by atoms with Crippen molar-refractivity contribution in [2.75, 3.05) is 4.90 Å². The van der Waals surface area contributed by atoms with Crippen molar-refractivity contribution >= 4 is 23.1 Å². The Hall–Kier alpha value is -4.08. The summed E-state index contributed by atoms with van der Waals surface area (Å²) in [4.78, 5) is 15.8. The second-order valence-electron chi connectivity index (χ2n) is 11.8. The standard InChI is InChI=1S/C34H33ClFN3O2/c1-19-12-22(18-41-25-10-7-23(36)8-11-25)21(3)26(13-19)31-27(17-37)33(38)39(24-9-6-20(2)28(35)14-24)29-15-34(4,5)16-30(40)32(29)31/h6-14,31H,15-16,18,38H2,1-5H3. The Labute approximate surface area is 245 Å². The molecule has 3 aromatic rings. The van der Waals surface area contributed by atoms with E-state index in [1.165, 1.54) is 12.1 Å². The van der Waals surface area contributed by atoms with Crippen LogP contribution in [0.5, 0.6) is 5.75 Å². The highest BCUT2D eigenvalue weighted by Crippen LogP contribution is 2.51. The van der Waals surface area contributed by atoms with Gasteiger partial charge in [0.1, 0.15) is 24.0 Å². The van der Waals surface area contributed by atoms with E-state index >= 15 is 0 Å². The summed E-state index contributed by atoms with van der Waals surface area (Å²) in [5, 5.41) is 11.1. The van der Waals surface area contributed by atoms with Crippen LogP contribution in [0.3, 0.4) is 0 Å². The average Bonchev–Trinajstić information content (AvgIpc) is 2.90. The number of ketones is 1. The van der Waals surface area contributed by atoms with Gasteiger partial charge >= 0.3 is 0 Å². The Bertz CT molecular complexity index is 1660. The van der Waals surface area contributed by atoms with Crippen molar-refractivity contribution in [1.29, 1.82) is 5.26 Å². The molecule has 0 spiro atoms. The molecule has 0 saturated heterocycles. The monoisotopic (exact) mass is 569 g/mol. The molecule has 5 rings (SSSR count). The number of benzene rings is 3. The van der Waals surface area contributed by atoms with E-state index in [-0.39, 0.29) is 23.6 Å². The van der Waals surface area contributed by atoms with Crippen molar-refractivity contribution in [3.05, 3.63) is 116 Å².